The van der Waals surface area contributed by atoms with Crippen molar-refractivity contribution >= 4 is 0 Å². The highest BCUT2D eigenvalue weighted by atomic mass is 19.1. The maximum atomic E-state index is 12.8. The molecule has 0 aliphatic carbocycles. The number of benzene rings is 1. The summed E-state index contributed by atoms with van der Waals surface area (Å²) < 4.78 is 17.9. The van der Waals surface area contributed by atoms with E-state index < -0.39 is 11.9 Å². The zero-order valence-corrected chi connectivity index (χ0v) is 7.70. The second-order valence-electron chi connectivity index (χ2n) is 2.95. The molecular formula is C10H10FNO2. The van der Waals surface area contributed by atoms with Crippen LogP contribution in [0.15, 0.2) is 18.2 Å². The molecule has 0 bridgehead atoms. The highest BCUT2D eigenvalue weighted by molar-refractivity contribution is 5.36. The lowest BCUT2D eigenvalue weighted by Crippen LogP contribution is -2.12. The number of aliphatic hydroxyl groups excluding tert-OH is 1. The number of halogens is 1. The molecule has 0 aliphatic heterocycles. The Bertz CT molecular complexity index is 358. The molecule has 1 atom stereocenters. The number of ether oxygens (including phenoxy) is 1. The molecule has 14 heavy (non-hydrogen) atoms. The maximum absolute atomic E-state index is 12.8. The molecule has 1 aromatic carbocycles. The van der Waals surface area contributed by atoms with Crippen LogP contribution in [0.1, 0.15) is 12.5 Å². The number of hydrogen-bond acceptors (Lipinski definition) is 3. The lowest BCUT2D eigenvalue weighted by Gasteiger charge is -2.07. The van der Waals surface area contributed by atoms with Gasteiger partial charge >= 0.3 is 0 Å². The van der Waals surface area contributed by atoms with Gasteiger partial charge in [0.15, 0.2) is 0 Å². The average molecular weight is 195 g/mol. The van der Waals surface area contributed by atoms with Crippen molar-refractivity contribution in [2.24, 2.45) is 0 Å². The molecule has 0 fully saturated rings. The standard InChI is InChI=1S/C10H10FNO2/c1-7(13)6-14-10-3-8(5-12)2-9(11)4-10/h2-4,7,13H,6H2,1H3/t7-/m1/s1. The third-order valence-electron chi connectivity index (χ3n) is 1.49. The van der Waals surface area contributed by atoms with Crippen molar-refractivity contribution in [1.82, 2.24) is 0 Å². The summed E-state index contributed by atoms with van der Waals surface area (Å²) in [6.45, 7) is 1.64. The third kappa shape index (κ3) is 3.04. The summed E-state index contributed by atoms with van der Waals surface area (Å²) in [5.74, 6) is -0.271. The number of rotatable bonds is 3. The van der Waals surface area contributed by atoms with Gasteiger partial charge in [-0.15, -0.1) is 0 Å². The first-order chi connectivity index (χ1) is 6.61. The van der Waals surface area contributed by atoms with Gasteiger partial charge in [-0.25, -0.2) is 4.39 Å². The Kier molecular flexibility index (Phi) is 3.43. The molecule has 0 unspecified atom stereocenters. The Labute approximate surface area is 81.4 Å². The number of aliphatic hydroxyl groups is 1. The molecule has 0 aromatic heterocycles. The van der Waals surface area contributed by atoms with Gasteiger partial charge < -0.3 is 9.84 Å². The topological polar surface area (TPSA) is 53.2 Å². The quantitative estimate of drug-likeness (QED) is 0.794. The number of nitrogens with zero attached hydrogens (tertiary/aromatic N) is 1. The highest BCUT2D eigenvalue weighted by Crippen LogP contribution is 2.15. The van der Waals surface area contributed by atoms with Gasteiger partial charge in [0.25, 0.3) is 0 Å². The van der Waals surface area contributed by atoms with E-state index in [1.807, 2.05) is 6.07 Å². The average Bonchev–Trinajstić information content (AvgIpc) is 2.14. The Hall–Kier alpha value is -1.60. The van der Waals surface area contributed by atoms with Crippen LogP contribution in [0.5, 0.6) is 5.75 Å². The predicted octanol–water partition coefficient (Wildman–Crippen LogP) is 1.46. The van der Waals surface area contributed by atoms with E-state index in [4.69, 9.17) is 15.1 Å². The summed E-state index contributed by atoms with van der Waals surface area (Å²) in [7, 11) is 0. The zero-order valence-electron chi connectivity index (χ0n) is 7.70. The van der Waals surface area contributed by atoms with Gasteiger partial charge in [0.05, 0.1) is 17.7 Å². The summed E-state index contributed by atoms with van der Waals surface area (Å²) >= 11 is 0. The van der Waals surface area contributed by atoms with Gasteiger partial charge in [0, 0.05) is 6.07 Å². The van der Waals surface area contributed by atoms with E-state index in [1.54, 1.807) is 6.92 Å². The largest absolute Gasteiger partial charge is 0.491 e. The van der Waals surface area contributed by atoms with Crippen molar-refractivity contribution < 1.29 is 14.2 Å². The van der Waals surface area contributed by atoms with Crippen LogP contribution >= 0.6 is 0 Å². The lowest BCUT2D eigenvalue weighted by molar-refractivity contribution is 0.122. The zero-order chi connectivity index (χ0) is 10.6. The fourth-order valence-corrected chi connectivity index (χ4v) is 0.927. The molecule has 74 valence electrons. The van der Waals surface area contributed by atoms with Gasteiger partial charge in [-0.3, -0.25) is 0 Å². The van der Waals surface area contributed by atoms with E-state index in [-0.39, 0.29) is 17.9 Å². The molecule has 1 rings (SSSR count). The Morgan fingerprint density at radius 2 is 2.29 bits per heavy atom. The summed E-state index contributed by atoms with van der Waals surface area (Å²) in [6, 6.07) is 5.53. The second-order valence-corrected chi connectivity index (χ2v) is 2.95. The third-order valence-corrected chi connectivity index (χ3v) is 1.49. The van der Waals surface area contributed by atoms with Crippen molar-refractivity contribution in [3.8, 4) is 11.8 Å². The van der Waals surface area contributed by atoms with Crippen LogP contribution in [-0.4, -0.2) is 17.8 Å². The minimum absolute atomic E-state index is 0.0777. The van der Waals surface area contributed by atoms with Crippen molar-refractivity contribution in [2.45, 2.75) is 13.0 Å². The summed E-state index contributed by atoms with van der Waals surface area (Å²) in [5, 5.41) is 17.5. The molecule has 0 saturated heterocycles. The Balaban J connectivity index is 2.78. The fraction of sp³-hybridized carbons (Fsp3) is 0.300. The molecule has 4 heteroatoms. The van der Waals surface area contributed by atoms with Crippen molar-refractivity contribution in [2.75, 3.05) is 6.61 Å². The van der Waals surface area contributed by atoms with Crippen LogP contribution in [0.3, 0.4) is 0 Å². The normalized spacial score (nSPS) is 11.9. The first-order valence-corrected chi connectivity index (χ1v) is 4.13. The SMILES string of the molecule is C[C@@H](O)COc1cc(F)cc(C#N)c1. The Morgan fingerprint density at radius 3 is 2.86 bits per heavy atom. The molecular weight excluding hydrogens is 185 g/mol. The molecule has 1 aromatic rings. The monoisotopic (exact) mass is 195 g/mol. The second kappa shape index (κ2) is 4.58. The minimum Gasteiger partial charge on any atom is -0.491 e. The molecule has 0 saturated carbocycles. The van der Waals surface area contributed by atoms with E-state index in [2.05, 4.69) is 0 Å². The number of nitriles is 1. The highest BCUT2D eigenvalue weighted by Gasteiger charge is 2.02. The molecule has 1 N–H and O–H groups in total. The molecule has 0 aliphatic rings. The van der Waals surface area contributed by atoms with E-state index in [9.17, 15) is 4.39 Å². The van der Waals surface area contributed by atoms with Crippen LogP contribution in [0.2, 0.25) is 0 Å². The van der Waals surface area contributed by atoms with Gasteiger partial charge in [0.2, 0.25) is 0 Å². The van der Waals surface area contributed by atoms with Gasteiger partial charge in [-0.05, 0) is 19.1 Å². The van der Waals surface area contributed by atoms with Gasteiger partial charge in [0.1, 0.15) is 18.2 Å². The van der Waals surface area contributed by atoms with Crippen LogP contribution in [0.4, 0.5) is 4.39 Å². The van der Waals surface area contributed by atoms with E-state index in [1.165, 1.54) is 12.1 Å². The lowest BCUT2D eigenvalue weighted by atomic mass is 10.2. The first kappa shape index (κ1) is 10.5. The smallest absolute Gasteiger partial charge is 0.128 e. The summed E-state index contributed by atoms with van der Waals surface area (Å²) in [6.07, 6.45) is -0.621. The van der Waals surface area contributed by atoms with E-state index in [0.717, 1.165) is 6.07 Å². The van der Waals surface area contributed by atoms with Crippen LogP contribution < -0.4 is 4.74 Å². The van der Waals surface area contributed by atoms with Gasteiger partial charge in [-0.1, -0.05) is 0 Å². The molecule has 0 amide bonds. The fourth-order valence-electron chi connectivity index (χ4n) is 0.927. The minimum atomic E-state index is -0.621. The molecule has 0 spiro atoms. The van der Waals surface area contributed by atoms with Crippen LogP contribution in [0, 0.1) is 17.1 Å². The van der Waals surface area contributed by atoms with Crippen molar-refractivity contribution in [3.05, 3.63) is 29.6 Å². The van der Waals surface area contributed by atoms with E-state index in [0.29, 0.717) is 0 Å². The molecule has 0 radical (unpaired) electrons. The van der Waals surface area contributed by atoms with Crippen LogP contribution in [0.25, 0.3) is 0 Å². The summed E-state index contributed by atoms with van der Waals surface area (Å²) in [4.78, 5) is 0. The number of hydrogen-bond donors (Lipinski definition) is 1. The molecule has 0 heterocycles. The van der Waals surface area contributed by atoms with Crippen LogP contribution in [-0.2, 0) is 0 Å². The van der Waals surface area contributed by atoms with E-state index >= 15 is 0 Å². The van der Waals surface area contributed by atoms with Crippen molar-refractivity contribution in [3.63, 3.8) is 0 Å². The van der Waals surface area contributed by atoms with Crippen molar-refractivity contribution in [1.29, 1.82) is 5.26 Å². The Morgan fingerprint density at radius 1 is 1.57 bits per heavy atom. The first-order valence-electron chi connectivity index (χ1n) is 4.13. The summed E-state index contributed by atoms with van der Waals surface area (Å²) in [5.41, 5.74) is 0.200. The van der Waals surface area contributed by atoms with Gasteiger partial charge in [-0.2, -0.15) is 5.26 Å². The maximum Gasteiger partial charge on any atom is 0.128 e. The molecule has 3 nitrogen and oxygen atoms in total. The predicted molar refractivity (Wildman–Crippen MR) is 48.3 cm³/mol.